The highest BCUT2D eigenvalue weighted by Gasteiger charge is 2.37. The first-order chi connectivity index (χ1) is 13.3. The number of benzene rings is 1. The molecule has 2 N–H and O–H groups in total. The van der Waals surface area contributed by atoms with Crippen LogP contribution in [0.1, 0.15) is 12.0 Å². The largest absolute Gasteiger partial charge is 0.329 e. The van der Waals surface area contributed by atoms with Crippen LogP contribution in [0.25, 0.3) is 0 Å². The number of likely N-dealkylation sites (N-methyl/N-ethyl adjacent to an activating group) is 1. The number of rotatable bonds is 5. The van der Waals surface area contributed by atoms with Gasteiger partial charge >= 0.3 is 0 Å². The van der Waals surface area contributed by atoms with Gasteiger partial charge in [-0.25, -0.2) is 13.4 Å². The summed E-state index contributed by atoms with van der Waals surface area (Å²) in [5.41, 5.74) is 3.69. The fourth-order valence-corrected chi connectivity index (χ4v) is 4.54. The molecule has 9 nitrogen and oxygen atoms in total. The number of hydrogen-bond donors (Lipinski definition) is 2. The van der Waals surface area contributed by atoms with E-state index in [-0.39, 0.29) is 11.3 Å². The molecule has 2 aliphatic rings. The van der Waals surface area contributed by atoms with Crippen LogP contribution in [0.15, 0.2) is 41.6 Å². The van der Waals surface area contributed by atoms with Gasteiger partial charge < -0.3 is 10.2 Å². The SMILES string of the molecule is Cc1ccc(S(=O)(=O)N2C=CNC(=O)[C@H]2CC(=O)NN2CCN(C)CC2)cc1. The van der Waals surface area contributed by atoms with Crippen molar-refractivity contribution in [2.24, 2.45) is 0 Å². The molecule has 1 aromatic carbocycles. The van der Waals surface area contributed by atoms with Crippen LogP contribution < -0.4 is 10.7 Å². The smallest absolute Gasteiger partial charge is 0.264 e. The van der Waals surface area contributed by atoms with Gasteiger partial charge in [0, 0.05) is 38.6 Å². The zero-order chi connectivity index (χ0) is 20.3. The second-order valence-electron chi connectivity index (χ2n) is 7.02. The van der Waals surface area contributed by atoms with Gasteiger partial charge in [0.05, 0.1) is 11.3 Å². The number of piperazine rings is 1. The van der Waals surface area contributed by atoms with Crippen LogP contribution in [0.5, 0.6) is 0 Å². The molecule has 0 aliphatic carbocycles. The summed E-state index contributed by atoms with van der Waals surface area (Å²) in [5, 5.41) is 4.27. The lowest BCUT2D eigenvalue weighted by atomic mass is 10.1. The number of aryl methyl sites for hydroxylation is 1. The van der Waals surface area contributed by atoms with E-state index >= 15 is 0 Å². The number of nitrogens with zero attached hydrogens (tertiary/aromatic N) is 3. The molecule has 152 valence electrons. The molecule has 1 aromatic rings. The molecule has 10 heteroatoms. The van der Waals surface area contributed by atoms with Crippen LogP contribution in [-0.4, -0.2) is 73.7 Å². The van der Waals surface area contributed by atoms with Crippen LogP contribution in [0.4, 0.5) is 0 Å². The van der Waals surface area contributed by atoms with E-state index in [1.54, 1.807) is 17.1 Å². The van der Waals surface area contributed by atoms with Crippen LogP contribution in [-0.2, 0) is 19.6 Å². The highest BCUT2D eigenvalue weighted by atomic mass is 32.2. The number of hydrogen-bond acceptors (Lipinski definition) is 6. The molecule has 28 heavy (non-hydrogen) atoms. The van der Waals surface area contributed by atoms with Crippen molar-refractivity contribution < 1.29 is 18.0 Å². The molecule has 0 saturated carbocycles. The summed E-state index contributed by atoms with van der Waals surface area (Å²) in [6.45, 7) is 4.84. The first-order valence-corrected chi connectivity index (χ1v) is 10.5. The molecule has 0 aromatic heterocycles. The highest BCUT2D eigenvalue weighted by molar-refractivity contribution is 7.89. The van der Waals surface area contributed by atoms with Gasteiger partial charge in [0.2, 0.25) is 11.8 Å². The van der Waals surface area contributed by atoms with Crippen LogP contribution in [0.3, 0.4) is 0 Å². The van der Waals surface area contributed by atoms with Gasteiger partial charge in [0.25, 0.3) is 10.0 Å². The minimum Gasteiger partial charge on any atom is -0.329 e. The summed E-state index contributed by atoms with van der Waals surface area (Å²) in [5.74, 6) is -0.934. The lowest BCUT2D eigenvalue weighted by Crippen LogP contribution is -2.55. The number of carbonyl (C=O) groups excluding carboxylic acids is 2. The minimum atomic E-state index is -3.96. The van der Waals surface area contributed by atoms with Crippen LogP contribution in [0.2, 0.25) is 0 Å². The van der Waals surface area contributed by atoms with Gasteiger partial charge in [-0.05, 0) is 26.1 Å². The number of carbonyl (C=O) groups is 2. The first-order valence-electron chi connectivity index (χ1n) is 9.07. The predicted octanol–water partition coefficient (Wildman–Crippen LogP) is -0.376. The lowest BCUT2D eigenvalue weighted by molar-refractivity contribution is -0.132. The second-order valence-corrected chi connectivity index (χ2v) is 8.86. The van der Waals surface area contributed by atoms with E-state index < -0.39 is 27.9 Å². The summed E-state index contributed by atoms with van der Waals surface area (Å²) in [4.78, 5) is 27.0. The average Bonchev–Trinajstić information content (AvgIpc) is 2.65. The summed E-state index contributed by atoms with van der Waals surface area (Å²) >= 11 is 0. The normalized spacial score (nSPS) is 21.4. The Morgan fingerprint density at radius 1 is 1.18 bits per heavy atom. The van der Waals surface area contributed by atoms with Crippen molar-refractivity contribution in [1.82, 2.24) is 25.0 Å². The van der Waals surface area contributed by atoms with E-state index in [0.717, 1.165) is 23.0 Å². The Morgan fingerprint density at radius 2 is 1.82 bits per heavy atom. The van der Waals surface area contributed by atoms with Crippen molar-refractivity contribution in [2.75, 3.05) is 33.2 Å². The maximum Gasteiger partial charge on any atom is 0.264 e. The quantitative estimate of drug-likeness (QED) is 0.690. The fourth-order valence-electron chi connectivity index (χ4n) is 3.09. The maximum atomic E-state index is 13.0. The summed E-state index contributed by atoms with van der Waals surface area (Å²) in [6, 6.07) is 5.22. The van der Waals surface area contributed by atoms with Crippen molar-refractivity contribution in [3.8, 4) is 0 Å². The molecule has 1 fully saturated rings. The Balaban J connectivity index is 1.74. The Bertz CT molecular complexity index is 860. The lowest BCUT2D eigenvalue weighted by Gasteiger charge is -2.34. The zero-order valence-corrected chi connectivity index (χ0v) is 16.8. The van der Waals surface area contributed by atoms with Crippen molar-refractivity contribution in [1.29, 1.82) is 0 Å². The summed E-state index contributed by atoms with van der Waals surface area (Å²) < 4.78 is 27.0. The molecular formula is C18H25N5O4S. The summed E-state index contributed by atoms with van der Waals surface area (Å²) in [7, 11) is -1.96. The average molecular weight is 407 g/mol. The Morgan fingerprint density at radius 3 is 2.46 bits per heavy atom. The third-order valence-corrected chi connectivity index (χ3v) is 6.62. The predicted molar refractivity (Wildman–Crippen MR) is 103 cm³/mol. The third kappa shape index (κ3) is 4.51. The number of nitrogens with one attached hydrogen (secondary N) is 2. The molecule has 0 unspecified atom stereocenters. The van der Waals surface area contributed by atoms with Crippen LogP contribution in [0, 0.1) is 6.92 Å². The maximum absolute atomic E-state index is 13.0. The Hall–Kier alpha value is -2.43. The van der Waals surface area contributed by atoms with Crippen molar-refractivity contribution >= 4 is 21.8 Å². The highest BCUT2D eigenvalue weighted by Crippen LogP contribution is 2.22. The van der Waals surface area contributed by atoms with E-state index in [1.807, 2.05) is 14.0 Å². The molecule has 1 atom stereocenters. The fraction of sp³-hybridized carbons (Fsp3) is 0.444. The van der Waals surface area contributed by atoms with Gasteiger partial charge in [0.15, 0.2) is 0 Å². The van der Waals surface area contributed by atoms with Gasteiger partial charge in [0.1, 0.15) is 6.04 Å². The minimum absolute atomic E-state index is 0.0712. The standard InChI is InChI=1S/C18H25N5O4S/c1-14-3-5-15(6-4-14)28(26,27)23-8-7-19-18(25)16(23)13-17(24)20-22-11-9-21(2)10-12-22/h3-8,16H,9-13H2,1-2H3,(H,19,25)(H,20,24)/t16-/m1/s1. The molecule has 2 heterocycles. The number of hydrazine groups is 1. The van der Waals surface area contributed by atoms with Crippen molar-refractivity contribution in [3.63, 3.8) is 0 Å². The second kappa shape index (κ2) is 8.29. The molecule has 0 radical (unpaired) electrons. The van der Waals surface area contributed by atoms with Crippen molar-refractivity contribution in [3.05, 3.63) is 42.2 Å². The molecule has 1 saturated heterocycles. The van der Waals surface area contributed by atoms with E-state index in [4.69, 9.17) is 0 Å². The van der Waals surface area contributed by atoms with Gasteiger partial charge in [-0.15, -0.1) is 0 Å². The van der Waals surface area contributed by atoms with Crippen LogP contribution >= 0.6 is 0 Å². The Kier molecular flexibility index (Phi) is 6.01. The van der Waals surface area contributed by atoms with Gasteiger partial charge in [-0.1, -0.05) is 17.7 Å². The van der Waals surface area contributed by atoms with E-state index in [2.05, 4.69) is 15.6 Å². The van der Waals surface area contributed by atoms with Gasteiger partial charge in [-0.2, -0.15) is 0 Å². The number of amides is 2. The zero-order valence-electron chi connectivity index (χ0n) is 16.0. The molecular weight excluding hydrogens is 382 g/mol. The molecule has 0 bridgehead atoms. The van der Waals surface area contributed by atoms with E-state index in [9.17, 15) is 18.0 Å². The molecule has 2 aliphatic heterocycles. The van der Waals surface area contributed by atoms with Crippen molar-refractivity contribution in [2.45, 2.75) is 24.3 Å². The monoisotopic (exact) mass is 407 g/mol. The summed E-state index contributed by atoms with van der Waals surface area (Å²) in [6.07, 6.45) is 2.28. The Labute approximate surface area is 165 Å². The number of sulfonamides is 1. The van der Waals surface area contributed by atoms with E-state index in [1.165, 1.54) is 24.5 Å². The first kappa shape index (κ1) is 20.3. The third-order valence-electron chi connectivity index (χ3n) is 4.82. The van der Waals surface area contributed by atoms with E-state index in [0.29, 0.717) is 13.1 Å². The molecule has 0 spiro atoms. The molecule has 3 rings (SSSR count). The molecule has 2 amide bonds. The topological polar surface area (TPSA) is 102 Å². The van der Waals surface area contributed by atoms with Gasteiger partial charge in [-0.3, -0.25) is 19.3 Å².